The second-order valence-corrected chi connectivity index (χ2v) is 10.2. The molecule has 2 aromatic heterocycles. The minimum Gasteiger partial charge on any atom is -0.475 e. The second kappa shape index (κ2) is 16.3. The fourth-order valence-corrected chi connectivity index (χ4v) is 4.58. The van der Waals surface area contributed by atoms with Crippen LogP contribution in [0.1, 0.15) is 4.88 Å². The third-order valence-corrected chi connectivity index (χ3v) is 6.99. The molecule has 11 nitrogen and oxygen atoms in total. The maximum atomic E-state index is 14.6. The average molecular weight is 693 g/mol. The van der Waals surface area contributed by atoms with Crippen LogP contribution in [0.15, 0.2) is 53.1 Å². The van der Waals surface area contributed by atoms with Gasteiger partial charge in [-0.1, -0.05) is 12.1 Å². The summed E-state index contributed by atoms with van der Waals surface area (Å²) in [5.41, 5.74) is 6.33. The normalized spacial score (nSPS) is 13.2. The number of hydrogen-bond donors (Lipinski definition) is 4. The van der Waals surface area contributed by atoms with E-state index in [2.05, 4.69) is 15.3 Å². The smallest absolute Gasteiger partial charge is 0.475 e. The lowest BCUT2D eigenvalue weighted by molar-refractivity contribution is -0.193. The summed E-state index contributed by atoms with van der Waals surface area (Å²) in [6, 6.07) is 9.42. The highest BCUT2D eigenvalue weighted by atomic mass is 32.1. The Labute approximate surface area is 256 Å². The first kappa shape index (κ1) is 37.8. The van der Waals surface area contributed by atoms with Gasteiger partial charge < -0.3 is 26.2 Å². The molecular formula is C25H25F9N6O5S. The van der Waals surface area contributed by atoms with E-state index in [9.17, 15) is 44.3 Å². The zero-order valence-corrected chi connectivity index (χ0v) is 24.0. The van der Waals surface area contributed by atoms with Gasteiger partial charge in [0.1, 0.15) is 12.1 Å². The quantitative estimate of drug-likeness (QED) is 0.271. The summed E-state index contributed by atoms with van der Waals surface area (Å²) >= 11 is 1.25. The van der Waals surface area contributed by atoms with Gasteiger partial charge in [-0.2, -0.15) is 40.2 Å². The molecule has 46 heavy (non-hydrogen) atoms. The minimum absolute atomic E-state index is 0.0338. The zero-order chi connectivity index (χ0) is 34.8. The molecule has 5 N–H and O–H groups in total. The molecule has 254 valence electrons. The van der Waals surface area contributed by atoms with E-state index < -0.39 is 48.4 Å². The van der Waals surface area contributed by atoms with E-state index in [0.717, 1.165) is 47.0 Å². The number of hydrogen-bond acceptors (Lipinski definition) is 8. The molecule has 0 atom stereocenters. The molecule has 21 heteroatoms. The number of aliphatic carboxylic acids is 2. The van der Waals surface area contributed by atoms with E-state index in [1.54, 1.807) is 0 Å². The largest absolute Gasteiger partial charge is 0.490 e. The van der Waals surface area contributed by atoms with Crippen molar-refractivity contribution in [3.63, 3.8) is 0 Å². The Balaban J connectivity index is 0.000000440. The summed E-state index contributed by atoms with van der Waals surface area (Å²) in [5, 5.41) is 21.4. The number of carbonyl (C=O) groups is 2. The molecule has 0 saturated carbocycles. The van der Waals surface area contributed by atoms with E-state index >= 15 is 0 Å². The van der Waals surface area contributed by atoms with Crippen LogP contribution in [0.4, 0.5) is 45.2 Å². The molecule has 0 unspecified atom stereocenters. The molecule has 3 heterocycles. The molecule has 1 aromatic carbocycles. The molecular weight excluding hydrogens is 667 g/mol. The maximum absolute atomic E-state index is 14.6. The molecule has 0 amide bonds. The first-order chi connectivity index (χ1) is 21.3. The lowest BCUT2D eigenvalue weighted by Crippen LogP contribution is -2.43. The Morgan fingerprint density at radius 1 is 0.978 bits per heavy atom. The van der Waals surface area contributed by atoms with Crippen LogP contribution in [0.5, 0.6) is 0 Å². The number of carboxylic acids is 2. The highest BCUT2D eigenvalue weighted by Gasteiger charge is 2.38. The summed E-state index contributed by atoms with van der Waals surface area (Å²) < 4.78 is 106. The Morgan fingerprint density at radius 3 is 1.96 bits per heavy atom. The van der Waals surface area contributed by atoms with Crippen molar-refractivity contribution < 1.29 is 59.3 Å². The monoisotopic (exact) mass is 692 g/mol. The minimum atomic E-state index is -5.08. The number of aromatic nitrogens is 3. The van der Waals surface area contributed by atoms with Crippen LogP contribution in [0.25, 0.3) is 10.4 Å². The van der Waals surface area contributed by atoms with Crippen molar-refractivity contribution in [3.05, 3.63) is 69.5 Å². The number of nitrogens with two attached hydrogens (primary N) is 1. The highest BCUT2D eigenvalue weighted by Crippen LogP contribution is 2.32. The van der Waals surface area contributed by atoms with E-state index in [-0.39, 0.29) is 18.7 Å². The van der Waals surface area contributed by atoms with Crippen LogP contribution in [0, 0.1) is 5.82 Å². The number of nitrogens with zero attached hydrogens (tertiary/aromatic N) is 4. The molecule has 0 bridgehead atoms. The summed E-state index contributed by atoms with van der Waals surface area (Å²) in [7, 11) is 0. The van der Waals surface area contributed by atoms with Gasteiger partial charge in [0.15, 0.2) is 0 Å². The third kappa shape index (κ3) is 11.2. The Bertz CT molecular complexity index is 1530. The molecule has 0 radical (unpaired) electrons. The third-order valence-electron chi connectivity index (χ3n) is 5.84. The molecule has 1 aliphatic rings. The first-order valence-electron chi connectivity index (χ1n) is 12.6. The summed E-state index contributed by atoms with van der Waals surface area (Å²) in [6.45, 7) is 2.97. The molecule has 1 fully saturated rings. The van der Waals surface area contributed by atoms with Gasteiger partial charge in [0.05, 0.1) is 18.0 Å². The van der Waals surface area contributed by atoms with Crippen molar-refractivity contribution in [1.29, 1.82) is 0 Å². The molecule has 0 spiro atoms. The number of carboxylic acid groups (broad SMARTS) is 2. The molecule has 4 rings (SSSR count). The van der Waals surface area contributed by atoms with Crippen LogP contribution in [0.3, 0.4) is 0 Å². The predicted molar refractivity (Wildman–Crippen MR) is 146 cm³/mol. The van der Waals surface area contributed by atoms with Crippen molar-refractivity contribution in [3.8, 4) is 10.4 Å². The van der Waals surface area contributed by atoms with Crippen LogP contribution in [-0.4, -0.2) is 81.6 Å². The fourth-order valence-electron chi connectivity index (χ4n) is 3.54. The Kier molecular flexibility index (Phi) is 13.4. The number of piperazine rings is 1. The number of alkyl halides is 6. The van der Waals surface area contributed by atoms with Gasteiger partial charge in [-0.05, 0) is 23.8 Å². The molecule has 1 saturated heterocycles. The van der Waals surface area contributed by atoms with Crippen molar-refractivity contribution in [2.75, 3.05) is 37.6 Å². The van der Waals surface area contributed by atoms with Crippen molar-refractivity contribution in [1.82, 2.24) is 19.7 Å². The van der Waals surface area contributed by atoms with Gasteiger partial charge in [-0.25, -0.2) is 23.5 Å². The summed E-state index contributed by atoms with van der Waals surface area (Å²) in [4.78, 5) is 33.6. The van der Waals surface area contributed by atoms with Crippen molar-refractivity contribution in [2.24, 2.45) is 5.73 Å². The second-order valence-electron chi connectivity index (χ2n) is 9.04. The number of nitrogens with one attached hydrogen (secondary N) is 1. The zero-order valence-electron chi connectivity index (χ0n) is 23.2. The van der Waals surface area contributed by atoms with Gasteiger partial charge in [0, 0.05) is 48.9 Å². The summed E-state index contributed by atoms with van der Waals surface area (Å²) in [5.74, 6) is -5.94. The summed E-state index contributed by atoms with van der Waals surface area (Å²) in [6.07, 6.45) is -10.9. The highest BCUT2D eigenvalue weighted by molar-refractivity contribution is 7.15. The van der Waals surface area contributed by atoms with E-state index in [1.807, 2.05) is 24.3 Å². The standard InChI is InChI=1S/C21H23F3N6OS.2C2HF3O2/c22-17-9-18(14-1-3-16(4-2-14)28-7-5-26-6-8-28)32-19(17)12-29-13-27-30(21(29)31)11-15(10-25)20(23)24;2*3-2(4,5)1(6)7/h1-4,9,13,26H,5-8,10-12,25H2;2*(H,6,7). The topological polar surface area (TPSA) is 156 Å². The fraction of sp³-hybridized carbons (Fsp3) is 0.360. The van der Waals surface area contributed by atoms with E-state index in [4.69, 9.17) is 25.5 Å². The number of thiophene rings is 1. The predicted octanol–water partition coefficient (Wildman–Crippen LogP) is 3.75. The van der Waals surface area contributed by atoms with Crippen molar-refractivity contribution in [2.45, 2.75) is 25.4 Å². The number of rotatable bonds is 7. The van der Waals surface area contributed by atoms with Crippen LogP contribution >= 0.6 is 11.3 Å². The first-order valence-corrected chi connectivity index (χ1v) is 13.5. The van der Waals surface area contributed by atoms with E-state index in [1.165, 1.54) is 28.3 Å². The van der Waals surface area contributed by atoms with Crippen LogP contribution in [-0.2, 0) is 22.7 Å². The van der Waals surface area contributed by atoms with Crippen LogP contribution in [0.2, 0.25) is 0 Å². The molecule has 0 aliphatic carbocycles. The lowest BCUT2D eigenvalue weighted by Gasteiger charge is -2.29. The van der Waals surface area contributed by atoms with Gasteiger partial charge in [0.2, 0.25) is 0 Å². The number of benzene rings is 1. The van der Waals surface area contributed by atoms with Crippen molar-refractivity contribution >= 4 is 29.0 Å². The molecule has 1 aliphatic heterocycles. The average Bonchev–Trinajstić information content (AvgIpc) is 3.53. The van der Waals surface area contributed by atoms with Gasteiger partial charge >= 0.3 is 30.0 Å². The molecule has 3 aromatic rings. The maximum Gasteiger partial charge on any atom is 0.490 e. The Morgan fingerprint density at radius 2 is 1.50 bits per heavy atom. The lowest BCUT2D eigenvalue weighted by atomic mass is 10.1. The van der Waals surface area contributed by atoms with Crippen LogP contribution < -0.4 is 21.6 Å². The van der Waals surface area contributed by atoms with Gasteiger partial charge in [-0.15, -0.1) is 11.3 Å². The van der Waals surface area contributed by atoms with E-state index in [0.29, 0.717) is 4.88 Å². The van der Waals surface area contributed by atoms with Gasteiger partial charge in [0.25, 0.3) is 6.08 Å². The number of halogens is 9. The Hall–Kier alpha value is -4.37. The SMILES string of the molecule is NCC(Cn1ncn(Cc2sc(-c3ccc(N4CCNCC4)cc3)cc2F)c1=O)=C(F)F.O=C(O)C(F)(F)F.O=C(O)C(F)(F)F. The number of anilines is 1. The van der Waals surface area contributed by atoms with Gasteiger partial charge in [-0.3, -0.25) is 4.57 Å².